The van der Waals surface area contributed by atoms with Crippen LogP contribution in [0.3, 0.4) is 0 Å². The second-order valence-corrected chi connectivity index (χ2v) is 7.12. The predicted octanol–water partition coefficient (Wildman–Crippen LogP) is 3.04. The van der Waals surface area contributed by atoms with Gasteiger partial charge in [-0.1, -0.05) is 84.9 Å². The van der Waals surface area contributed by atoms with Gasteiger partial charge in [-0.25, -0.2) is 0 Å². The minimum Gasteiger partial charge on any atom is -0.369 e. The van der Waals surface area contributed by atoms with E-state index in [-0.39, 0.29) is 11.6 Å². The number of amides is 1. The lowest BCUT2D eigenvalue weighted by molar-refractivity contribution is -0.136. The van der Waals surface area contributed by atoms with Gasteiger partial charge in [0.2, 0.25) is 11.4 Å². The van der Waals surface area contributed by atoms with Gasteiger partial charge in [0.1, 0.15) is 0 Å². The summed E-state index contributed by atoms with van der Waals surface area (Å²) < 4.78 is 0. The highest BCUT2D eigenvalue weighted by atomic mass is 16.3. The third kappa shape index (κ3) is 3.23. The van der Waals surface area contributed by atoms with Gasteiger partial charge in [0.15, 0.2) is 0 Å². The number of carbonyl (C=O) groups is 2. The Morgan fingerprint density at radius 2 is 1.29 bits per heavy atom. The van der Waals surface area contributed by atoms with Gasteiger partial charge in [-0.05, 0) is 24.0 Å². The van der Waals surface area contributed by atoms with Crippen LogP contribution in [0, 0.1) is 0 Å². The summed E-state index contributed by atoms with van der Waals surface area (Å²) in [6.45, 7) is 0. The first kappa shape index (κ1) is 18.1. The molecule has 3 aromatic rings. The molecule has 3 aromatic carbocycles. The first-order valence-corrected chi connectivity index (χ1v) is 9.34. The van der Waals surface area contributed by atoms with Crippen LogP contribution < -0.4 is 5.32 Å². The maximum Gasteiger partial charge on any atom is 0.265 e. The second kappa shape index (κ2) is 7.41. The Hall–Kier alpha value is -3.24. The summed E-state index contributed by atoms with van der Waals surface area (Å²) in [6, 6.07) is 24.7. The van der Waals surface area contributed by atoms with Gasteiger partial charge in [-0.15, -0.1) is 0 Å². The molecule has 0 aliphatic heterocycles. The SMILES string of the molecule is O=C(NC1Cc2ccccc2C1)C(O)(C(=O)c1ccccc1)c1ccccc1. The monoisotopic (exact) mass is 371 g/mol. The lowest BCUT2D eigenvalue weighted by Gasteiger charge is -2.28. The molecule has 0 saturated heterocycles. The van der Waals surface area contributed by atoms with Crippen LogP contribution >= 0.6 is 0 Å². The van der Waals surface area contributed by atoms with Gasteiger partial charge in [0, 0.05) is 17.2 Å². The van der Waals surface area contributed by atoms with Crippen LogP contribution in [0.15, 0.2) is 84.9 Å². The van der Waals surface area contributed by atoms with Gasteiger partial charge >= 0.3 is 0 Å². The molecule has 0 aromatic heterocycles. The van der Waals surface area contributed by atoms with Crippen LogP contribution in [0.2, 0.25) is 0 Å². The van der Waals surface area contributed by atoms with Crippen molar-refractivity contribution < 1.29 is 14.7 Å². The molecule has 0 saturated carbocycles. The van der Waals surface area contributed by atoms with Gasteiger partial charge in [-0.3, -0.25) is 9.59 Å². The zero-order chi connectivity index (χ0) is 19.6. The summed E-state index contributed by atoms with van der Waals surface area (Å²) in [5.41, 5.74) is 0.642. The van der Waals surface area contributed by atoms with Crippen molar-refractivity contribution in [3.8, 4) is 0 Å². The Morgan fingerprint density at radius 3 is 1.86 bits per heavy atom. The summed E-state index contributed by atoms with van der Waals surface area (Å²) in [6.07, 6.45) is 1.37. The van der Waals surface area contributed by atoms with Crippen molar-refractivity contribution in [2.75, 3.05) is 0 Å². The fourth-order valence-corrected chi connectivity index (χ4v) is 3.79. The van der Waals surface area contributed by atoms with Crippen molar-refractivity contribution in [1.29, 1.82) is 0 Å². The number of aliphatic hydroxyl groups is 1. The van der Waals surface area contributed by atoms with E-state index in [1.54, 1.807) is 60.7 Å². The van der Waals surface area contributed by atoms with E-state index in [0.717, 1.165) is 0 Å². The van der Waals surface area contributed by atoms with Crippen LogP contribution in [0.4, 0.5) is 0 Å². The standard InChI is InChI=1S/C24H21NO3/c26-22(17-9-3-1-4-10-17)24(28,20-13-5-2-6-14-20)23(27)25-21-15-18-11-7-8-12-19(18)16-21/h1-14,21,28H,15-16H2,(H,25,27). The minimum atomic E-state index is -2.28. The van der Waals surface area contributed by atoms with Crippen LogP contribution in [0.5, 0.6) is 0 Å². The van der Waals surface area contributed by atoms with Crippen LogP contribution in [-0.4, -0.2) is 22.8 Å². The highest BCUT2D eigenvalue weighted by Gasteiger charge is 2.46. The van der Waals surface area contributed by atoms with Crippen molar-refractivity contribution in [1.82, 2.24) is 5.32 Å². The number of benzene rings is 3. The van der Waals surface area contributed by atoms with E-state index < -0.39 is 17.3 Å². The molecule has 4 heteroatoms. The normalized spacial score (nSPS) is 15.5. The number of hydrogen-bond donors (Lipinski definition) is 2. The molecule has 0 heterocycles. The number of nitrogens with one attached hydrogen (secondary N) is 1. The molecule has 28 heavy (non-hydrogen) atoms. The summed E-state index contributed by atoms with van der Waals surface area (Å²) >= 11 is 0. The molecule has 1 aliphatic rings. The van der Waals surface area contributed by atoms with Crippen molar-refractivity contribution in [2.45, 2.75) is 24.5 Å². The van der Waals surface area contributed by atoms with E-state index in [1.807, 2.05) is 24.3 Å². The molecule has 1 atom stereocenters. The maximum atomic E-state index is 13.2. The number of rotatable bonds is 5. The van der Waals surface area contributed by atoms with Gasteiger partial charge < -0.3 is 10.4 Å². The van der Waals surface area contributed by atoms with Crippen molar-refractivity contribution in [3.63, 3.8) is 0 Å². The van der Waals surface area contributed by atoms with Crippen LogP contribution in [0.1, 0.15) is 27.0 Å². The Labute approximate surface area is 163 Å². The summed E-state index contributed by atoms with van der Waals surface area (Å²) in [4.78, 5) is 26.4. The number of hydrogen-bond acceptors (Lipinski definition) is 3. The van der Waals surface area contributed by atoms with Crippen molar-refractivity contribution >= 4 is 11.7 Å². The predicted molar refractivity (Wildman–Crippen MR) is 107 cm³/mol. The number of ketones is 1. The van der Waals surface area contributed by atoms with E-state index in [2.05, 4.69) is 5.32 Å². The van der Waals surface area contributed by atoms with Gasteiger partial charge in [0.05, 0.1) is 0 Å². The molecular weight excluding hydrogens is 350 g/mol. The smallest absolute Gasteiger partial charge is 0.265 e. The molecule has 2 N–H and O–H groups in total. The lowest BCUT2D eigenvalue weighted by atomic mass is 9.84. The van der Waals surface area contributed by atoms with Gasteiger partial charge in [0.25, 0.3) is 5.91 Å². The minimum absolute atomic E-state index is 0.149. The first-order chi connectivity index (χ1) is 13.6. The van der Waals surface area contributed by atoms with E-state index >= 15 is 0 Å². The highest BCUT2D eigenvalue weighted by molar-refractivity contribution is 6.17. The zero-order valence-corrected chi connectivity index (χ0v) is 15.3. The molecule has 140 valence electrons. The van der Waals surface area contributed by atoms with Gasteiger partial charge in [-0.2, -0.15) is 0 Å². The summed E-state index contributed by atoms with van der Waals surface area (Å²) in [5.74, 6) is -1.32. The molecule has 0 spiro atoms. The summed E-state index contributed by atoms with van der Waals surface area (Å²) in [7, 11) is 0. The molecule has 1 aliphatic carbocycles. The highest BCUT2D eigenvalue weighted by Crippen LogP contribution is 2.28. The average molecular weight is 371 g/mol. The number of fused-ring (bicyclic) bond motifs is 1. The quantitative estimate of drug-likeness (QED) is 0.535. The lowest BCUT2D eigenvalue weighted by Crippen LogP contribution is -2.53. The second-order valence-electron chi connectivity index (χ2n) is 7.12. The van der Waals surface area contributed by atoms with E-state index in [4.69, 9.17) is 0 Å². The molecule has 4 rings (SSSR count). The topological polar surface area (TPSA) is 66.4 Å². The Balaban J connectivity index is 1.64. The van der Waals surface area contributed by atoms with Crippen molar-refractivity contribution in [3.05, 3.63) is 107 Å². The molecule has 1 unspecified atom stereocenters. The molecule has 0 radical (unpaired) electrons. The number of Topliss-reactive ketones (excluding diaryl/α,β-unsaturated/α-hetero) is 1. The third-order valence-electron chi connectivity index (χ3n) is 5.27. The molecule has 0 fully saturated rings. The van der Waals surface area contributed by atoms with Crippen LogP contribution in [0.25, 0.3) is 0 Å². The fourth-order valence-electron chi connectivity index (χ4n) is 3.79. The Morgan fingerprint density at radius 1 is 0.786 bits per heavy atom. The molecule has 1 amide bonds. The molecule has 4 nitrogen and oxygen atoms in total. The van der Waals surface area contributed by atoms with Crippen LogP contribution in [-0.2, 0) is 23.2 Å². The van der Waals surface area contributed by atoms with Crippen molar-refractivity contribution in [2.24, 2.45) is 0 Å². The molecular formula is C24H21NO3. The Kier molecular flexibility index (Phi) is 4.80. The average Bonchev–Trinajstić information content (AvgIpc) is 3.16. The first-order valence-electron chi connectivity index (χ1n) is 9.34. The largest absolute Gasteiger partial charge is 0.369 e. The maximum absolute atomic E-state index is 13.2. The van der Waals surface area contributed by atoms with E-state index in [1.165, 1.54) is 11.1 Å². The number of carbonyl (C=O) groups excluding carboxylic acids is 2. The molecule has 0 bridgehead atoms. The third-order valence-corrected chi connectivity index (χ3v) is 5.27. The fraction of sp³-hybridized carbons (Fsp3) is 0.167. The summed E-state index contributed by atoms with van der Waals surface area (Å²) in [5, 5.41) is 14.3. The van der Waals surface area contributed by atoms with E-state index in [9.17, 15) is 14.7 Å². The van der Waals surface area contributed by atoms with E-state index in [0.29, 0.717) is 18.4 Å². The Bertz CT molecular complexity index is 976. The zero-order valence-electron chi connectivity index (χ0n) is 15.3.